The SMILES string of the molecule is CC(C(=O)N1CCCC(N)C1)c1cccs1.Cl. The van der Waals surface area contributed by atoms with Crippen molar-refractivity contribution in [2.45, 2.75) is 31.7 Å². The summed E-state index contributed by atoms with van der Waals surface area (Å²) >= 11 is 1.65. The molecular formula is C12H19ClN2OS. The van der Waals surface area contributed by atoms with E-state index in [9.17, 15) is 4.79 Å². The summed E-state index contributed by atoms with van der Waals surface area (Å²) in [5.41, 5.74) is 5.89. The molecule has 0 radical (unpaired) electrons. The molecule has 5 heteroatoms. The molecule has 0 spiro atoms. The van der Waals surface area contributed by atoms with E-state index in [-0.39, 0.29) is 30.3 Å². The van der Waals surface area contributed by atoms with Crippen LogP contribution in [0.4, 0.5) is 0 Å². The lowest BCUT2D eigenvalue weighted by Gasteiger charge is -2.32. The van der Waals surface area contributed by atoms with Gasteiger partial charge in [-0.2, -0.15) is 0 Å². The van der Waals surface area contributed by atoms with Crippen LogP contribution in [0.5, 0.6) is 0 Å². The summed E-state index contributed by atoms with van der Waals surface area (Å²) in [5.74, 6) is 0.197. The van der Waals surface area contributed by atoms with Crippen molar-refractivity contribution in [2.75, 3.05) is 13.1 Å². The molecule has 0 saturated carbocycles. The number of nitrogens with two attached hydrogens (primary N) is 1. The molecule has 1 aromatic rings. The van der Waals surface area contributed by atoms with Crippen LogP contribution in [-0.4, -0.2) is 29.9 Å². The van der Waals surface area contributed by atoms with Gasteiger partial charge in [0.15, 0.2) is 0 Å². The van der Waals surface area contributed by atoms with E-state index in [1.807, 2.05) is 29.3 Å². The molecule has 2 rings (SSSR count). The van der Waals surface area contributed by atoms with E-state index in [1.54, 1.807) is 11.3 Å². The smallest absolute Gasteiger partial charge is 0.230 e. The van der Waals surface area contributed by atoms with Crippen LogP contribution in [0.2, 0.25) is 0 Å². The number of carbonyl (C=O) groups excluding carboxylic acids is 1. The Balaban J connectivity index is 0.00000144. The lowest BCUT2D eigenvalue weighted by atomic mass is 10.0. The zero-order valence-corrected chi connectivity index (χ0v) is 11.6. The number of rotatable bonds is 2. The highest BCUT2D eigenvalue weighted by Gasteiger charge is 2.26. The van der Waals surface area contributed by atoms with Gasteiger partial charge in [-0.3, -0.25) is 4.79 Å². The summed E-state index contributed by atoms with van der Waals surface area (Å²) in [7, 11) is 0. The molecule has 2 unspecified atom stereocenters. The Labute approximate surface area is 112 Å². The van der Waals surface area contributed by atoms with Crippen LogP contribution < -0.4 is 5.73 Å². The van der Waals surface area contributed by atoms with Crippen LogP contribution in [0.15, 0.2) is 17.5 Å². The Morgan fingerprint density at radius 2 is 2.41 bits per heavy atom. The number of likely N-dealkylation sites (tertiary alicyclic amines) is 1. The van der Waals surface area contributed by atoms with Crippen LogP contribution in [0, 0.1) is 0 Å². The van der Waals surface area contributed by atoms with Crippen molar-refractivity contribution in [3.63, 3.8) is 0 Å². The number of hydrogen-bond acceptors (Lipinski definition) is 3. The zero-order valence-electron chi connectivity index (χ0n) is 9.96. The van der Waals surface area contributed by atoms with Gasteiger partial charge in [0.1, 0.15) is 0 Å². The lowest BCUT2D eigenvalue weighted by Crippen LogP contribution is -2.46. The fourth-order valence-electron chi connectivity index (χ4n) is 2.14. The molecule has 2 N–H and O–H groups in total. The molecule has 2 atom stereocenters. The van der Waals surface area contributed by atoms with E-state index >= 15 is 0 Å². The summed E-state index contributed by atoms with van der Waals surface area (Å²) in [6, 6.07) is 4.18. The van der Waals surface area contributed by atoms with Crippen molar-refractivity contribution in [1.29, 1.82) is 0 Å². The minimum absolute atomic E-state index is 0. The molecule has 2 heterocycles. The maximum absolute atomic E-state index is 12.2. The van der Waals surface area contributed by atoms with Crippen molar-refractivity contribution < 1.29 is 4.79 Å². The normalized spacial score (nSPS) is 21.8. The average molecular weight is 275 g/mol. The maximum Gasteiger partial charge on any atom is 0.230 e. The highest BCUT2D eigenvalue weighted by Crippen LogP contribution is 2.24. The Morgan fingerprint density at radius 1 is 1.65 bits per heavy atom. The first-order valence-corrected chi connectivity index (χ1v) is 6.64. The first-order valence-electron chi connectivity index (χ1n) is 5.76. The Hall–Kier alpha value is -0.580. The largest absolute Gasteiger partial charge is 0.341 e. The van der Waals surface area contributed by atoms with Gasteiger partial charge in [0.25, 0.3) is 0 Å². The van der Waals surface area contributed by atoms with Gasteiger partial charge in [0.05, 0.1) is 5.92 Å². The average Bonchev–Trinajstić information content (AvgIpc) is 2.80. The summed E-state index contributed by atoms with van der Waals surface area (Å²) in [6.07, 6.45) is 2.07. The third-order valence-electron chi connectivity index (χ3n) is 3.11. The number of nitrogens with zero attached hydrogens (tertiary/aromatic N) is 1. The number of halogens is 1. The van der Waals surface area contributed by atoms with Gasteiger partial charge in [-0.15, -0.1) is 23.7 Å². The molecule has 96 valence electrons. The van der Waals surface area contributed by atoms with Crippen LogP contribution in [-0.2, 0) is 4.79 Å². The third kappa shape index (κ3) is 3.44. The molecular weight excluding hydrogens is 256 g/mol. The third-order valence-corrected chi connectivity index (χ3v) is 4.16. The molecule has 1 aliphatic rings. The number of amides is 1. The van der Waals surface area contributed by atoms with Crippen LogP contribution in [0.3, 0.4) is 0 Å². The number of thiophene rings is 1. The van der Waals surface area contributed by atoms with Gasteiger partial charge in [0, 0.05) is 24.0 Å². The van der Waals surface area contributed by atoms with Gasteiger partial charge in [0.2, 0.25) is 5.91 Å². The monoisotopic (exact) mass is 274 g/mol. The summed E-state index contributed by atoms with van der Waals surface area (Å²) in [4.78, 5) is 15.3. The molecule has 1 aliphatic heterocycles. The summed E-state index contributed by atoms with van der Waals surface area (Å²) in [6.45, 7) is 3.56. The molecule has 3 nitrogen and oxygen atoms in total. The van der Waals surface area contributed by atoms with Gasteiger partial charge >= 0.3 is 0 Å². The van der Waals surface area contributed by atoms with Gasteiger partial charge < -0.3 is 10.6 Å². The number of carbonyl (C=O) groups is 1. The zero-order chi connectivity index (χ0) is 11.5. The predicted octanol–water partition coefficient (Wildman–Crippen LogP) is 2.22. The summed E-state index contributed by atoms with van der Waals surface area (Å²) < 4.78 is 0. The summed E-state index contributed by atoms with van der Waals surface area (Å²) in [5, 5.41) is 2.01. The second-order valence-electron chi connectivity index (χ2n) is 4.42. The van der Waals surface area contributed by atoms with E-state index < -0.39 is 0 Å². The highest BCUT2D eigenvalue weighted by atomic mass is 35.5. The van der Waals surface area contributed by atoms with Crippen molar-refractivity contribution in [3.05, 3.63) is 22.4 Å². The highest BCUT2D eigenvalue weighted by molar-refractivity contribution is 7.10. The van der Waals surface area contributed by atoms with Crippen molar-refractivity contribution in [1.82, 2.24) is 4.90 Å². The second-order valence-corrected chi connectivity index (χ2v) is 5.40. The van der Waals surface area contributed by atoms with Crippen LogP contribution >= 0.6 is 23.7 Å². The standard InChI is InChI=1S/C12H18N2OS.ClH/c1-9(11-5-3-7-16-11)12(15)14-6-2-4-10(13)8-14;/h3,5,7,9-10H,2,4,6,8,13H2,1H3;1H. The minimum atomic E-state index is -0.0229. The molecule has 1 amide bonds. The maximum atomic E-state index is 12.2. The molecule has 1 aromatic heterocycles. The van der Waals surface area contributed by atoms with Crippen molar-refractivity contribution >= 4 is 29.7 Å². The molecule has 0 aliphatic carbocycles. The molecule has 0 aromatic carbocycles. The Kier molecular flexibility index (Phi) is 5.43. The topological polar surface area (TPSA) is 46.3 Å². The van der Waals surface area contributed by atoms with Crippen molar-refractivity contribution in [3.8, 4) is 0 Å². The Bertz CT molecular complexity index is 355. The van der Waals surface area contributed by atoms with Gasteiger partial charge in [-0.1, -0.05) is 6.07 Å². The first-order chi connectivity index (χ1) is 7.68. The van der Waals surface area contributed by atoms with Crippen LogP contribution in [0.1, 0.15) is 30.6 Å². The van der Waals surface area contributed by atoms with Gasteiger partial charge in [-0.05, 0) is 31.2 Å². The van der Waals surface area contributed by atoms with E-state index in [0.29, 0.717) is 6.54 Å². The number of hydrogen-bond donors (Lipinski definition) is 1. The fraction of sp³-hybridized carbons (Fsp3) is 0.583. The second kappa shape index (κ2) is 6.38. The fourth-order valence-corrected chi connectivity index (χ4v) is 2.92. The van der Waals surface area contributed by atoms with Crippen LogP contribution in [0.25, 0.3) is 0 Å². The van der Waals surface area contributed by atoms with E-state index in [1.165, 1.54) is 0 Å². The lowest BCUT2D eigenvalue weighted by molar-refractivity contribution is -0.133. The van der Waals surface area contributed by atoms with E-state index in [0.717, 1.165) is 24.3 Å². The molecule has 17 heavy (non-hydrogen) atoms. The first kappa shape index (κ1) is 14.5. The quantitative estimate of drug-likeness (QED) is 0.899. The van der Waals surface area contributed by atoms with E-state index in [2.05, 4.69) is 0 Å². The molecule has 1 fully saturated rings. The Morgan fingerprint density at radius 3 is 3.00 bits per heavy atom. The minimum Gasteiger partial charge on any atom is -0.341 e. The predicted molar refractivity (Wildman–Crippen MR) is 73.8 cm³/mol. The number of piperidine rings is 1. The van der Waals surface area contributed by atoms with E-state index in [4.69, 9.17) is 5.73 Å². The molecule has 1 saturated heterocycles. The van der Waals surface area contributed by atoms with Gasteiger partial charge in [-0.25, -0.2) is 0 Å². The van der Waals surface area contributed by atoms with Crippen molar-refractivity contribution in [2.24, 2.45) is 5.73 Å². The molecule has 0 bridgehead atoms.